The van der Waals surface area contributed by atoms with Crippen molar-refractivity contribution < 1.29 is 4.79 Å². The first-order valence-corrected chi connectivity index (χ1v) is 7.63. The molecule has 1 unspecified atom stereocenters. The van der Waals surface area contributed by atoms with Crippen molar-refractivity contribution in [2.75, 3.05) is 13.1 Å². The van der Waals surface area contributed by atoms with Crippen LogP contribution in [0.5, 0.6) is 0 Å². The van der Waals surface area contributed by atoms with Gasteiger partial charge < -0.3 is 10.6 Å². The number of nitrogens with one attached hydrogen (secondary N) is 2. The van der Waals surface area contributed by atoms with Crippen molar-refractivity contribution in [1.29, 1.82) is 0 Å². The fraction of sp³-hybridized carbons (Fsp3) is 0.625. The van der Waals surface area contributed by atoms with Crippen molar-refractivity contribution in [3.05, 3.63) is 30.1 Å². The van der Waals surface area contributed by atoms with Crippen LogP contribution >= 0.6 is 24.8 Å². The molecule has 4 nitrogen and oxygen atoms in total. The summed E-state index contributed by atoms with van der Waals surface area (Å²) in [6.07, 6.45) is 8.55. The molecule has 1 aromatic rings. The summed E-state index contributed by atoms with van der Waals surface area (Å²) < 4.78 is 0. The number of aromatic nitrogens is 1. The van der Waals surface area contributed by atoms with Crippen molar-refractivity contribution in [3.63, 3.8) is 0 Å². The molecule has 0 radical (unpaired) electrons. The molecule has 1 aromatic heterocycles. The molecule has 2 N–H and O–H groups in total. The molecule has 1 fully saturated rings. The van der Waals surface area contributed by atoms with E-state index in [0.717, 1.165) is 31.8 Å². The highest BCUT2D eigenvalue weighted by atomic mass is 35.5. The van der Waals surface area contributed by atoms with Crippen LogP contribution in [0.3, 0.4) is 0 Å². The average Bonchev–Trinajstić information content (AvgIpc) is 2.47. The van der Waals surface area contributed by atoms with Crippen LogP contribution in [0.25, 0.3) is 0 Å². The van der Waals surface area contributed by atoms with Crippen LogP contribution in [-0.2, 0) is 11.2 Å². The van der Waals surface area contributed by atoms with Crippen LogP contribution in [0.1, 0.15) is 38.2 Å². The second-order valence-electron chi connectivity index (χ2n) is 5.76. The number of pyridine rings is 1. The average molecular weight is 348 g/mol. The summed E-state index contributed by atoms with van der Waals surface area (Å²) in [5.74, 6) is 0.905. The first-order valence-electron chi connectivity index (χ1n) is 7.63. The van der Waals surface area contributed by atoms with Crippen LogP contribution in [0, 0.1) is 5.92 Å². The highest BCUT2D eigenvalue weighted by Crippen LogP contribution is 2.17. The van der Waals surface area contributed by atoms with Crippen molar-refractivity contribution in [3.8, 4) is 0 Å². The van der Waals surface area contributed by atoms with Gasteiger partial charge in [-0.1, -0.05) is 0 Å². The number of nitrogens with zero attached hydrogens (tertiary/aromatic N) is 1. The molecule has 0 aliphatic carbocycles. The van der Waals surface area contributed by atoms with Gasteiger partial charge in [0, 0.05) is 24.9 Å². The summed E-state index contributed by atoms with van der Waals surface area (Å²) in [7, 11) is 0. The third kappa shape index (κ3) is 7.97. The van der Waals surface area contributed by atoms with Gasteiger partial charge in [0.25, 0.3) is 0 Å². The van der Waals surface area contributed by atoms with Crippen LogP contribution in [0.4, 0.5) is 0 Å². The zero-order valence-electron chi connectivity index (χ0n) is 13.1. The zero-order valence-corrected chi connectivity index (χ0v) is 14.7. The normalized spacial score (nSPS) is 16.0. The van der Waals surface area contributed by atoms with Crippen LogP contribution in [0.2, 0.25) is 0 Å². The number of hydrogen-bond donors (Lipinski definition) is 2. The molecule has 0 saturated carbocycles. The van der Waals surface area contributed by atoms with E-state index in [4.69, 9.17) is 0 Å². The molecule has 0 spiro atoms. The molecule has 1 saturated heterocycles. The molecule has 1 aliphatic rings. The molecule has 1 amide bonds. The minimum atomic E-state index is 0. The second kappa shape index (κ2) is 11.7. The van der Waals surface area contributed by atoms with Crippen molar-refractivity contribution >= 4 is 30.7 Å². The Morgan fingerprint density at radius 2 is 1.95 bits per heavy atom. The first-order chi connectivity index (χ1) is 9.74. The summed E-state index contributed by atoms with van der Waals surface area (Å²) in [6.45, 7) is 4.26. The molecule has 0 aromatic carbocycles. The third-order valence-corrected chi connectivity index (χ3v) is 3.94. The van der Waals surface area contributed by atoms with Crippen molar-refractivity contribution in [2.45, 2.75) is 45.1 Å². The van der Waals surface area contributed by atoms with Gasteiger partial charge in [-0.2, -0.15) is 0 Å². The molecule has 2 rings (SSSR count). The minimum absolute atomic E-state index is 0. The summed E-state index contributed by atoms with van der Waals surface area (Å²) in [5.41, 5.74) is 1.21. The van der Waals surface area contributed by atoms with Gasteiger partial charge in [-0.15, -0.1) is 24.8 Å². The summed E-state index contributed by atoms with van der Waals surface area (Å²) in [4.78, 5) is 15.9. The Bertz CT molecular complexity index is 411. The monoisotopic (exact) mass is 347 g/mol. The molecule has 6 heteroatoms. The summed E-state index contributed by atoms with van der Waals surface area (Å²) in [6, 6.07) is 4.17. The number of rotatable bonds is 6. The lowest BCUT2D eigenvalue weighted by molar-refractivity contribution is -0.122. The van der Waals surface area contributed by atoms with E-state index in [-0.39, 0.29) is 36.8 Å². The highest BCUT2D eigenvalue weighted by molar-refractivity contribution is 5.85. The highest BCUT2D eigenvalue weighted by Gasteiger charge is 2.15. The molecule has 1 aliphatic heterocycles. The number of piperidine rings is 1. The number of amides is 1. The van der Waals surface area contributed by atoms with E-state index >= 15 is 0 Å². The smallest absolute Gasteiger partial charge is 0.220 e. The Labute approximate surface area is 145 Å². The van der Waals surface area contributed by atoms with E-state index in [2.05, 4.69) is 22.5 Å². The van der Waals surface area contributed by atoms with E-state index < -0.39 is 0 Å². The van der Waals surface area contributed by atoms with E-state index in [1.807, 2.05) is 12.1 Å². The van der Waals surface area contributed by atoms with Gasteiger partial charge in [0.15, 0.2) is 0 Å². The Morgan fingerprint density at radius 1 is 1.32 bits per heavy atom. The minimum Gasteiger partial charge on any atom is -0.353 e. The molecule has 2 heterocycles. The van der Waals surface area contributed by atoms with E-state index in [1.54, 1.807) is 12.4 Å². The molecule has 1 atom stereocenters. The molecule has 0 bridgehead atoms. The van der Waals surface area contributed by atoms with E-state index in [9.17, 15) is 4.79 Å². The zero-order chi connectivity index (χ0) is 14.2. The van der Waals surface area contributed by atoms with Crippen LogP contribution in [-0.4, -0.2) is 30.0 Å². The number of carbonyl (C=O) groups is 1. The number of hydrogen-bond acceptors (Lipinski definition) is 3. The summed E-state index contributed by atoms with van der Waals surface area (Å²) >= 11 is 0. The van der Waals surface area contributed by atoms with Crippen molar-refractivity contribution in [1.82, 2.24) is 15.6 Å². The molecule has 126 valence electrons. The van der Waals surface area contributed by atoms with Gasteiger partial charge in [-0.3, -0.25) is 9.78 Å². The Morgan fingerprint density at radius 3 is 2.59 bits per heavy atom. The number of halogens is 2. The maximum Gasteiger partial charge on any atom is 0.220 e. The Balaban J connectivity index is 0.00000220. The maximum atomic E-state index is 11.9. The fourth-order valence-corrected chi connectivity index (χ4v) is 2.78. The first kappa shape index (κ1) is 21.2. The van der Waals surface area contributed by atoms with Crippen molar-refractivity contribution in [2.24, 2.45) is 5.92 Å². The lowest BCUT2D eigenvalue weighted by atomic mass is 9.93. The van der Waals surface area contributed by atoms with Gasteiger partial charge in [-0.25, -0.2) is 0 Å². The lowest BCUT2D eigenvalue weighted by Crippen LogP contribution is -2.35. The quantitative estimate of drug-likeness (QED) is 0.831. The van der Waals surface area contributed by atoms with Gasteiger partial charge in [0.05, 0.1) is 0 Å². The third-order valence-electron chi connectivity index (χ3n) is 3.94. The predicted molar refractivity (Wildman–Crippen MR) is 94.9 cm³/mol. The topological polar surface area (TPSA) is 54.0 Å². The van der Waals surface area contributed by atoms with Gasteiger partial charge in [0.2, 0.25) is 5.91 Å². The molecular formula is C16H27Cl2N3O. The van der Waals surface area contributed by atoms with Crippen LogP contribution < -0.4 is 10.6 Å². The van der Waals surface area contributed by atoms with Gasteiger partial charge >= 0.3 is 0 Å². The van der Waals surface area contributed by atoms with Gasteiger partial charge in [0.1, 0.15) is 0 Å². The fourth-order valence-electron chi connectivity index (χ4n) is 2.78. The predicted octanol–water partition coefficient (Wildman–Crippen LogP) is 2.75. The SMILES string of the molecule is CC(Cc1ccncc1)NC(=O)CCC1CCNCC1.Cl.Cl. The lowest BCUT2D eigenvalue weighted by Gasteiger charge is -2.22. The summed E-state index contributed by atoms with van der Waals surface area (Å²) in [5, 5.41) is 6.45. The Hall–Kier alpha value is -0.840. The van der Waals surface area contributed by atoms with Gasteiger partial charge in [-0.05, 0) is 69.3 Å². The molecular weight excluding hydrogens is 321 g/mol. The number of carbonyl (C=O) groups excluding carboxylic acids is 1. The maximum absolute atomic E-state index is 11.9. The van der Waals surface area contributed by atoms with E-state index in [1.165, 1.54) is 18.4 Å². The van der Waals surface area contributed by atoms with Crippen LogP contribution in [0.15, 0.2) is 24.5 Å². The largest absolute Gasteiger partial charge is 0.353 e. The standard InChI is InChI=1S/C16H25N3O.2ClH/c1-13(12-15-6-10-18-11-7-15)19-16(20)3-2-14-4-8-17-9-5-14;;/h6-7,10-11,13-14,17H,2-5,8-9,12H2,1H3,(H,19,20);2*1H. The molecule has 22 heavy (non-hydrogen) atoms. The second-order valence-corrected chi connectivity index (χ2v) is 5.76. The Kier molecular flexibility index (Phi) is 11.2. The van der Waals surface area contributed by atoms with E-state index in [0.29, 0.717) is 6.42 Å².